The van der Waals surface area contributed by atoms with Gasteiger partial charge in [-0.1, -0.05) is 5.21 Å². The number of aromatic nitrogens is 3. The molecule has 0 aliphatic carbocycles. The first-order valence-electron chi connectivity index (χ1n) is 5.17. The van der Waals surface area contributed by atoms with Gasteiger partial charge >= 0.3 is 11.9 Å². The molecule has 0 unspecified atom stereocenters. The molecule has 0 spiro atoms. The normalized spacial score (nSPS) is 13.1. The number of sulfonamides is 1. The van der Waals surface area contributed by atoms with Crippen LogP contribution in [0.4, 0.5) is 0 Å². The summed E-state index contributed by atoms with van der Waals surface area (Å²) in [5.41, 5.74) is 0. The lowest BCUT2D eigenvalue weighted by Gasteiger charge is -2.13. The van der Waals surface area contributed by atoms with E-state index in [-0.39, 0.29) is 16.0 Å². The maximum Gasteiger partial charge on any atom is 0.321 e. The minimum atomic E-state index is -4.20. The zero-order valence-corrected chi connectivity index (χ0v) is 12.5. The maximum atomic E-state index is 12.0. The molecule has 0 aliphatic heterocycles. The van der Waals surface area contributed by atoms with Gasteiger partial charge in [-0.3, -0.25) is 9.59 Å². The van der Waals surface area contributed by atoms with Gasteiger partial charge in [0.1, 0.15) is 6.04 Å². The molecule has 1 aromatic rings. The van der Waals surface area contributed by atoms with Gasteiger partial charge in [0.15, 0.2) is 4.60 Å². The molecule has 10 nitrogen and oxygen atoms in total. The van der Waals surface area contributed by atoms with Crippen molar-refractivity contribution >= 4 is 37.9 Å². The van der Waals surface area contributed by atoms with Crippen LogP contribution in [0.25, 0.3) is 0 Å². The van der Waals surface area contributed by atoms with Crippen LogP contribution in [0.5, 0.6) is 0 Å². The van der Waals surface area contributed by atoms with E-state index in [0.717, 1.165) is 4.68 Å². The summed E-state index contributed by atoms with van der Waals surface area (Å²) in [6.45, 7) is 0. The highest BCUT2D eigenvalue weighted by Crippen LogP contribution is 2.18. The van der Waals surface area contributed by atoms with E-state index in [1.165, 1.54) is 7.05 Å². The first-order valence-corrected chi connectivity index (χ1v) is 7.45. The number of aliphatic carboxylic acids is 2. The topological polar surface area (TPSA) is 151 Å². The van der Waals surface area contributed by atoms with E-state index in [9.17, 15) is 18.0 Å². The first kappa shape index (κ1) is 16.5. The van der Waals surface area contributed by atoms with Crippen molar-refractivity contribution in [3.63, 3.8) is 0 Å². The molecule has 0 amide bonds. The third-order valence-corrected chi connectivity index (χ3v) is 4.59. The van der Waals surface area contributed by atoms with Crippen LogP contribution in [0.15, 0.2) is 9.63 Å². The fourth-order valence-corrected chi connectivity index (χ4v) is 3.67. The van der Waals surface area contributed by atoms with Gasteiger partial charge in [0, 0.05) is 13.5 Å². The van der Waals surface area contributed by atoms with Crippen molar-refractivity contribution in [1.82, 2.24) is 19.7 Å². The van der Waals surface area contributed by atoms with Gasteiger partial charge in [0.25, 0.3) is 10.0 Å². The number of hydrogen-bond donors (Lipinski definition) is 3. The van der Waals surface area contributed by atoms with Gasteiger partial charge < -0.3 is 10.2 Å². The average Bonchev–Trinajstić information content (AvgIpc) is 2.64. The monoisotopic (exact) mass is 370 g/mol. The van der Waals surface area contributed by atoms with Crippen molar-refractivity contribution in [2.45, 2.75) is 23.9 Å². The Bertz CT molecular complexity index is 607. The number of nitrogens with zero attached hydrogens (tertiary/aromatic N) is 3. The van der Waals surface area contributed by atoms with Crippen LogP contribution in [-0.2, 0) is 26.7 Å². The molecule has 1 heterocycles. The second-order valence-corrected chi connectivity index (χ2v) is 6.13. The molecular formula is C8H11BrN4O6S. The molecule has 0 aromatic carbocycles. The highest BCUT2D eigenvalue weighted by molar-refractivity contribution is 9.10. The lowest BCUT2D eigenvalue weighted by Crippen LogP contribution is -2.41. The van der Waals surface area contributed by atoms with Gasteiger partial charge in [-0.25, -0.2) is 13.1 Å². The number of halogens is 1. The van der Waals surface area contributed by atoms with Crippen LogP contribution in [-0.4, -0.2) is 51.6 Å². The fourth-order valence-electron chi connectivity index (χ4n) is 1.35. The molecule has 20 heavy (non-hydrogen) atoms. The maximum absolute atomic E-state index is 12.0. The van der Waals surface area contributed by atoms with E-state index >= 15 is 0 Å². The Hall–Kier alpha value is -1.53. The number of hydrogen-bond acceptors (Lipinski definition) is 6. The summed E-state index contributed by atoms with van der Waals surface area (Å²) in [7, 11) is -2.88. The van der Waals surface area contributed by atoms with E-state index < -0.39 is 34.4 Å². The molecule has 112 valence electrons. The molecule has 1 aromatic heterocycles. The Morgan fingerprint density at radius 1 is 1.45 bits per heavy atom. The molecule has 3 N–H and O–H groups in total. The lowest BCUT2D eigenvalue weighted by atomic mass is 10.2. The summed E-state index contributed by atoms with van der Waals surface area (Å²) in [6.07, 6.45) is -0.864. The molecular weight excluding hydrogens is 360 g/mol. The van der Waals surface area contributed by atoms with Crippen molar-refractivity contribution in [3.8, 4) is 0 Å². The highest BCUT2D eigenvalue weighted by atomic mass is 79.9. The predicted molar refractivity (Wildman–Crippen MR) is 67.3 cm³/mol. The first-order chi connectivity index (χ1) is 9.15. The summed E-state index contributed by atoms with van der Waals surface area (Å²) >= 11 is 2.89. The van der Waals surface area contributed by atoms with Crippen molar-refractivity contribution in [3.05, 3.63) is 4.60 Å². The van der Waals surface area contributed by atoms with Crippen molar-refractivity contribution < 1.29 is 28.2 Å². The zero-order chi connectivity index (χ0) is 15.5. The summed E-state index contributed by atoms with van der Waals surface area (Å²) in [4.78, 5) is 21.4. The van der Waals surface area contributed by atoms with Crippen LogP contribution in [0.2, 0.25) is 0 Å². The van der Waals surface area contributed by atoms with Gasteiger partial charge in [0.2, 0.25) is 5.03 Å². The molecule has 0 bridgehead atoms. The van der Waals surface area contributed by atoms with Crippen LogP contribution >= 0.6 is 15.9 Å². The summed E-state index contributed by atoms with van der Waals surface area (Å²) < 4.78 is 26.9. The molecule has 12 heteroatoms. The molecule has 0 radical (unpaired) electrons. The van der Waals surface area contributed by atoms with E-state index in [2.05, 4.69) is 26.2 Å². The molecule has 1 atom stereocenters. The SMILES string of the molecule is Cn1nnc(Br)c1S(=O)(=O)N[C@@H](CCC(=O)O)C(=O)O. The van der Waals surface area contributed by atoms with E-state index in [1.54, 1.807) is 0 Å². The number of carbonyl (C=O) groups is 2. The van der Waals surface area contributed by atoms with Gasteiger partial charge in [-0.2, -0.15) is 4.72 Å². The van der Waals surface area contributed by atoms with Crippen molar-refractivity contribution in [2.75, 3.05) is 0 Å². The number of rotatable bonds is 7. The van der Waals surface area contributed by atoms with Crippen molar-refractivity contribution in [2.24, 2.45) is 7.05 Å². The summed E-state index contributed by atoms with van der Waals surface area (Å²) in [6, 6.07) is -1.56. The fraction of sp³-hybridized carbons (Fsp3) is 0.500. The summed E-state index contributed by atoms with van der Waals surface area (Å²) in [5.74, 6) is -2.69. The van der Waals surface area contributed by atoms with Crippen LogP contribution < -0.4 is 4.72 Å². The van der Waals surface area contributed by atoms with Crippen LogP contribution in [0.3, 0.4) is 0 Å². The van der Waals surface area contributed by atoms with E-state index in [0.29, 0.717) is 0 Å². The molecule has 0 saturated carbocycles. The molecule has 0 aliphatic rings. The third-order valence-electron chi connectivity index (χ3n) is 2.23. The second-order valence-electron chi connectivity index (χ2n) is 3.75. The number of aryl methyl sites for hydroxylation is 1. The predicted octanol–water partition coefficient (Wildman–Crippen LogP) is -0.826. The lowest BCUT2D eigenvalue weighted by molar-refractivity contribution is -0.140. The standard InChI is InChI=1S/C8H11BrN4O6S/c1-13-7(6(9)10-12-13)20(18,19)11-4(8(16)17)2-3-5(14)15/h4,11H,2-3H2,1H3,(H,14,15)(H,16,17)/t4-/m0/s1. The average molecular weight is 371 g/mol. The van der Waals surface area contributed by atoms with E-state index in [1.807, 2.05) is 4.72 Å². The van der Waals surface area contributed by atoms with Crippen LogP contribution in [0, 0.1) is 0 Å². The van der Waals surface area contributed by atoms with Gasteiger partial charge in [-0.05, 0) is 22.4 Å². The molecule has 0 saturated heterocycles. The Morgan fingerprint density at radius 2 is 2.05 bits per heavy atom. The van der Waals surface area contributed by atoms with Gasteiger partial charge in [0.05, 0.1) is 0 Å². The van der Waals surface area contributed by atoms with Crippen molar-refractivity contribution in [1.29, 1.82) is 0 Å². The largest absolute Gasteiger partial charge is 0.481 e. The number of carboxylic acids is 2. The Balaban J connectivity index is 2.98. The Morgan fingerprint density at radius 3 is 2.45 bits per heavy atom. The zero-order valence-electron chi connectivity index (χ0n) is 10.1. The molecule has 1 rings (SSSR count). The molecule has 0 fully saturated rings. The third kappa shape index (κ3) is 3.98. The Kier molecular flexibility index (Phi) is 5.19. The minimum Gasteiger partial charge on any atom is -0.481 e. The smallest absolute Gasteiger partial charge is 0.321 e. The highest BCUT2D eigenvalue weighted by Gasteiger charge is 2.30. The second kappa shape index (κ2) is 6.28. The van der Waals surface area contributed by atoms with E-state index in [4.69, 9.17) is 10.2 Å². The Labute approximate surface area is 122 Å². The quantitative estimate of drug-likeness (QED) is 0.562. The number of nitrogens with one attached hydrogen (secondary N) is 1. The number of carboxylic acid groups (broad SMARTS) is 2. The summed E-state index contributed by atoms with van der Waals surface area (Å²) in [5, 5.41) is 24.0. The van der Waals surface area contributed by atoms with Gasteiger partial charge in [-0.15, -0.1) is 5.10 Å². The minimum absolute atomic E-state index is 0.0742. The van der Waals surface area contributed by atoms with Crippen LogP contribution in [0.1, 0.15) is 12.8 Å².